The van der Waals surface area contributed by atoms with E-state index in [-0.39, 0.29) is 12.0 Å². The summed E-state index contributed by atoms with van der Waals surface area (Å²) in [4.78, 5) is 28.2. The molecule has 0 fully saturated rings. The maximum Gasteiger partial charge on any atom is 0.421 e. The molecule has 0 spiro atoms. The Bertz CT molecular complexity index is 824. The summed E-state index contributed by atoms with van der Waals surface area (Å²) in [5, 5.41) is 5.53. The lowest BCUT2D eigenvalue weighted by Crippen LogP contribution is -2.29. The lowest BCUT2D eigenvalue weighted by molar-refractivity contribution is 0.0540. The number of amides is 2. The minimum atomic E-state index is -0.616. The van der Waals surface area contributed by atoms with Gasteiger partial charge < -0.3 is 25.8 Å². The predicted molar refractivity (Wildman–Crippen MR) is 111 cm³/mol. The van der Waals surface area contributed by atoms with E-state index in [9.17, 15) is 9.59 Å². The van der Waals surface area contributed by atoms with Crippen molar-refractivity contribution in [1.82, 2.24) is 14.9 Å². The number of hydrogen-bond donors (Lipinski definition) is 3. The molecule has 0 saturated carbocycles. The van der Waals surface area contributed by atoms with Crippen LogP contribution in [0, 0.1) is 0 Å². The first-order valence-corrected chi connectivity index (χ1v) is 9.52. The normalized spacial score (nSPS) is 11.0. The molecule has 9 heteroatoms. The van der Waals surface area contributed by atoms with Gasteiger partial charge in [-0.3, -0.25) is 0 Å². The average Bonchev–Trinajstić information content (AvgIpc) is 3.00. The molecule has 0 aliphatic rings. The molecule has 2 amide bonds. The Balaban J connectivity index is 1.75. The van der Waals surface area contributed by atoms with Gasteiger partial charge >= 0.3 is 12.1 Å². The Morgan fingerprint density at radius 1 is 1.21 bits per heavy atom. The molecule has 2 rings (SSSR count). The molecule has 0 atom stereocenters. The molecule has 0 unspecified atom stereocenters. The van der Waals surface area contributed by atoms with Crippen LogP contribution in [-0.2, 0) is 11.2 Å². The van der Waals surface area contributed by atoms with Gasteiger partial charge in [0.25, 0.3) is 0 Å². The fraction of sp³-hybridized carbons (Fsp3) is 0.450. The van der Waals surface area contributed by atoms with Crippen LogP contribution in [0.3, 0.4) is 0 Å². The fourth-order valence-corrected chi connectivity index (χ4v) is 2.47. The number of carbonyl (C=O) groups is 2. The van der Waals surface area contributed by atoms with Crippen molar-refractivity contribution < 1.29 is 19.1 Å². The van der Waals surface area contributed by atoms with Gasteiger partial charge in [0.05, 0.1) is 12.3 Å². The Labute approximate surface area is 170 Å². The summed E-state index contributed by atoms with van der Waals surface area (Å²) in [6, 6.07) is 6.84. The number of urea groups is 1. The maximum absolute atomic E-state index is 12.1. The highest BCUT2D eigenvalue weighted by Crippen LogP contribution is 2.16. The van der Waals surface area contributed by atoms with Gasteiger partial charge in [-0.2, -0.15) is 0 Å². The number of nitrogens with two attached hydrogens (primary N) is 1. The number of imidazole rings is 1. The molecule has 9 nitrogen and oxygen atoms in total. The van der Waals surface area contributed by atoms with Crippen LogP contribution < -0.4 is 21.1 Å². The molecule has 0 saturated heterocycles. The summed E-state index contributed by atoms with van der Waals surface area (Å²) in [6.45, 7) is 8.29. The molecule has 0 bridgehead atoms. The number of hydrogen-bond acceptors (Lipinski definition) is 6. The molecule has 158 valence electrons. The Morgan fingerprint density at radius 2 is 1.90 bits per heavy atom. The topological polar surface area (TPSA) is 120 Å². The summed E-state index contributed by atoms with van der Waals surface area (Å²) in [5.41, 5.74) is 6.51. The Morgan fingerprint density at radius 3 is 2.52 bits per heavy atom. The van der Waals surface area contributed by atoms with E-state index in [1.165, 1.54) is 4.57 Å². The van der Waals surface area contributed by atoms with Gasteiger partial charge in [0, 0.05) is 18.4 Å². The van der Waals surface area contributed by atoms with E-state index in [0.717, 1.165) is 5.75 Å². The zero-order valence-electron chi connectivity index (χ0n) is 17.3. The monoisotopic (exact) mass is 403 g/mol. The van der Waals surface area contributed by atoms with E-state index >= 15 is 0 Å². The lowest BCUT2D eigenvalue weighted by Gasteiger charge is -2.19. The molecule has 1 aromatic heterocycles. The van der Waals surface area contributed by atoms with Crippen LogP contribution in [0.2, 0.25) is 0 Å². The van der Waals surface area contributed by atoms with Crippen LogP contribution in [-0.4, -0.2) is 40.4 Å². The van der Waals surface area contributed by atoms with E-state index in [2.05, 4.69) is 15.6 Å². The van der Waals surface area contributed by atoms with Gasteiger partial charge in [-0.05, 0) is 64.8 Å². The lowest BCUT2D eigenvalue weighted by atomic mass is 10.2. The van der Waals surface area contributed by atoms with E-state index in [4.69, 9.17) is 15.2 Å². The van der Waals surface area contributed by atoms with Gasteiger partial charge in [-0.25, -0.2) is 19.1 Å². The number of aryl methyl sites for hydroxylation is 1. The van der Waals surface area contributed by atoms with Crippen molar-refractivity contribution >= 4 is 23.8 Å². The van der Waals surface area contributed by atoms with Crippen molar-refractivity contribution in [1.29, 1.82) is 0 Å². The zero-order valence-corrected chi connectivity index (χ0v) is 17.3. The molecular formula is C20H29N5O4. The number of nitrogens with zero attached hydrogens (tertiary/aromatic N) is 2. The molecule has 0 radical (unpaired) electrons. The first-order chi connectivity index (χ1) is 13.7. The zero-order chi connectivity index (χ0) is 21.4. The smallest absolute Gasteiger partial charge is 0.421 e. The van der Waals surface area contributed by atoms with Crippen molar-refractivity contribution in [2.45, 2.75) is 46.1 Å². The summed E-state index contributed by atoms with van der Waals surface area (Å²) >= 11 is 0. The quantitative estimate of drug-likeness (QED) is 0.609. The molecule has 2 aromatic rings. The minimum absolute atomic E-state index is 0.0791. The van der Waals surface area contributed by atoms with Crippen LogP contribution in [0.15, 0.2) is 30.5 Å². The van der Waals surface area contributed by atoms with Crippen LogP contribution in [0.5, 0.6) is 5.75 Å². The number of ether oxygens (including phenoxy) is 2. The summed E-state index contributed by atoms with van der Waals surface area (Å²) in [6.07, 6.45) is 2.19. The molecule has 1 aromatic carbocycles. The molecule has 0 aliphatic carbocycles. The fourth-order valence-electron chi connectivity index (χ4n) is 2.47. The molecule has 1 heterocycles. The second-order valence-electron chi connectivity index (χ2n) is 7.38. The third kappa shape index (κ3) is 7.36. The van der Waals surface area contributed by atoms with Crippen molar-refractivity contribution in [3.8, 4) is 5.75 Å². The van der Waals surface area contributed by atoms with Gasteiger partial charge in [0.1, 0.15) is 11.4 Å². The predicted octanol–water partition coefficient (Wildman–Crippen LogP) is 3.40. The SMILES string of the molecule is CCOc1ccc(NC(=O)NCCCc2cn(C(=O)OC(C)(C)C)c(N)n2)cc1. The number of nitrogens with one attached hydrogen (secondary N) is 2. The number of nitrogen functional groups attached to an aromatic ring is 1. The standard InChI is InChI=1S/C20H29N5O4/c1-5-28-16-10-8-14(9-11-16)24-18(26)22-12-6-7-15-13-25(17(21)23-15)19(27)29-20(2,3)4/h8-11,13H,5-7,12H2,1-4H3,(H2,21,23)(H2,22,24,26). The minimum Gasteiger partial charge on any atom is -0.494 e. The summed E-state index contributed by atoms with van der Waals surface area (Å²) < 4.78 is 11.8. The highest BCUT2D eigenvalue weighted by atomic mass is 16.6. The van der Waals surface area contributed by atoms with Gasteiger partial charge in [0.15, 0.2) is 0 Å². The maximum atomic E-state index is 12.1. The number of carbonyl (C=O) groups excluding carboxylic acids is 2. The second kappa shape index (κ2) is 9.81. The molecule has 0 aliphatic heterocycles. The molecule has 29 heavy (non-hydrogen) atoms. The Hall–Kier alpha value is -3.23. The van der Waals surface area contributed by atoms with Crippen LogP contribution in [0.1, 0.15) is 39.8 Å². The number of benzene rings is 1. The number of aromatic nitrogens is 2. The van der Waals surface area contributed by atoms with E-state index in [0.29, 0.717) is 37.4 Å². The van der Waals surface area contributed by atoms with Crippen LogP contribution in [0.4, 0.5) is 21.2 Å². The van der Waals surface area contributed by atoms with E-state index in [1.54, 1.807) is 51.2 Å². The Kier molecular flexibility index (Phi) is 7.46. The molecular weight excluding hydrogens is 374 g/mol. The second-order valence-corrected chi connectivity index (χ2v) is 7.38. The van der Waals surface area contributed by atoms with Crippen LogP contribution >= 0.6 is 0 Å². The van der Waals surface area contributed by atoms with Gasteiger partial charge in [0.2, 0.25) is 5.95 Å². The number of anilines is 2. The van der Waals surface area contributed by atoms with Crippen molar-refractivity contribution in [2.24, 2.45) is 0 Å². The van der Waals surface area contributed by atoms with Crippen molar-refractivity contribution in [3.63, 3.8) is 0 Å². The largest absolute Gasteiger partial charge is 0.494 e. The van der Waals surface area contributed by atoms with Crippen molar-refractivity contribution in [3.05, 3.63) is 36.2 Å². The van der Waals surface area contributed by atoms with E-state index < -0.39 is 11.7 Å². The first-order valence-electron chi connectivity index (χ1n) is 9.52. The average molecular weight is 403 g/mol. The third-order valence-electron chi connectivity index (χ3n) is 3.69. The highest BCUT2D eigenvalue weighted by molar-refractivity contribution is 5.89. The third-order valence-corrected chi connectivity index (χ3v) is 3.69. The number of rotatable bonds is 7. The highest BCUT2D eigenvalue weighted by Gasteiger charge is 2.20. The summed E-state index contributed by atoms with van der Waals surface area (Å²) in [7, 11) is 0. The first kappa shape index (κ1) is 22.1. The molecule has 4 N–H and O–H groups in total. The van der Waals surface area contributed by atoms with Crippen LogP contribution in [0.25, 0.3) is 0 Å². The van der Waals surface area contributed by atoms with Crippen molar-refractivity contribution in [2.75, 3.05) is 24.2 Å². The summed E-state index contributed by atoms with van der Waals surface area (Å²) in [5.74, 6) is 0.832. The van der Waals surface area contributed by atoms with E-state index in [1.807, 2.05) is 6.92 Å². The van der Waals surface area contributed by atoms with Gasteiger partial charge in [-0.15, -0.1) is 0 Å². The van der Waals surface area contributed by atoms with Gasteiger partial charge in [-0.1, -0.05) is 0 Å².